The van der Waals surface area contributed by atoms with Crippen molar-refractivity contribution in [1.82, 2.24) is 0 Å². The molecule has 94 valence electrons. The maximum atomic E-state index is 3.63. The van der Waals surface area contributed by atoms with Crippen molar-refractivity contribution in [2.75, 3.05) is 0 Å². The van der Waals surface area contributed by atoms with Gasteiger partial charge in [-0.2, -0.15) is 11.1 Å². The van der Waals surface area contributed by atoms with Crippen LogP contribution in [0.15, 0.2) is 16.7 Å². The predicted octanol–water partition coefficient (Wildman–Crippen LogP) is 5.12. The van der Waals surface area contributed by atoms with Crippen molar-refractivity contribution in [2.45, 2.75) is 53.4 Å². The zero-order valence-corrected chi connectivity index (χ0v) is 13.9. The van der Waals surface area contributed by atoms with Gasteiger partial charge in [-0.3, -0.25) is 6.08 Å². The van der Waals surface area contributed by atoms with Crippen molar-refractivity contribution in [3.8, 4) is 0 Å². The van der Waals surface area contributed by atoms with Crippen LogP contribution >= 0.6 is 24.8 Å². The van der Waals surface area contributed by atoms with Crippen molar-refractivity contribution in [2.24, 2.45) is 5.92 Å². The fourth-order valence-corrected chi connectivity index (χ4v) is 2.35. The number of hydrogen-bond acceptors (Lipinski definition) is 0. The molecular weight excluding hydrogens is 275 g/mol. The summed E-state index contributed by atoms with van der Waals surface area (Å²) in [6.07, 6.45) is 8.41. The number of halogens is 2. The van der Waals surface area contributed by atoms with Crippen LogP contribution in [0.1, 0.15) is 53.4 Å². The van der Waals surface area contributed by atoms with E-state index in [1.807, 2.05) is 0 Å². The van der Waals surface area contributed by atoms with Gasteiger partial charge in [-0.25, -0.2) is 5.57 Å². The minimum absolute atomic E-state index is 0. The van der Waals surface area contributed by atoms with E-state index in [1.54, 1.807) is 11.1 Å². The van der Waals surface area contributed by atoms with Crippen LogP contribution in [0.5, 0.6) is 0 Å². The minimum Gasteiger partial charge on any atom is -0.266 e. The topological polar surface area (TPSA) is 0 Å². The molecule has 1 atom stereocenters. The molecule has 0 heterocycles. The van der Waals surface area contributed by atoms with Gasteiger partial charge in [0.05, 0.1) is 0 Å². The van der Waals surface area contributed by atoms with Crippen LogP contribution < -0.4 is 0 Å². The molecule has 0 N–H and O–H groups in total. The SMILES string of the molecule is CCC1=[C-]C(CC)C(CC)=C1CC.Cl.Cl.[Ti]. The molecule has 0 radical (unpaired) electrons. The summed E-state index contributed by atoms with van der Waals surface area (Å²) < 4.78 is 0. The van der Waals surface area contributed by atoms with E-state index in [2.05, 4.69) is 33.8 Å². The van der Waals surface area contributed by atoms with Crippen LogP contribution in [-0.4, -0.2) is 0 Å². The molecule has 0 saturated heterocycles. The van der Waals surface area contributed by atoms with Gasteiger partial charge in [0.1, 0.15) is 0 Å². The molecule has 0 bridgehead atoms. The molecule has 1 aliphatic rings. The maximum absolute atomic E-state index is 3.63. The van der Waals surface area contributed by atoms with Crippen molar-refractivity contribution in [3.63, 3.8) is 0 Å². The summed E-state index contributed by atoms with van der Waals surface area (Å²) in [5.41, 5.74) is 4.75. The molecule has 0 aromatic rings. The summed E-state index contributed by atoms with van der Waals surface area (Å²) >= 11 is 0. The first kappa shape index (κ1) is 22.0. The molecule has 0 amide bonds. The summed E-state index contributed by atoms with van der Waals surface area (Å²) in [7, 11) is 0. The van der Waals surface area contributed by atoms with E-state index in [4.69, 9.17) is 0 Å². The Morgan fingerprint density at radius 2 is 1.50 bits per heavy atom. The first-order valence-corrected chi connectivity index (χ1v) is 5.62. The van der Waals surface area contributed by atoms with Gasteiger partial charge in [-0.1, -0.05) is 59.3 Å². The Morgan fingerprint density at radius 1 is 0.938 bits per heavy atom. The van der Waals surface area contributed by atoms with Crippen molar-refractivity contribution in [1.29, 1.82) is 0 Å². The molecule has 0 spiro atoms. The van der Waals surface area contributed by atoms with E-state index < -0.39 is 0 Å². The smallest absolute Gasteiger partial charge is 0 e. The standard InChI is InChI=1S/C13H21.2ClH.Ti/c1-5-10-9-11(6-2)13(8-4)12(10)7-3;;;/h10H,5-8H2,1-4H3;2*1H;/q-1;;;. The van der Waals surface area contributed by atoms with Gasteiger partial charge in [0.2, 0.25) is 0 Å². The molecule has 0 fully saturated rings. The van der Waals surface area contributed by atoms with Crippen molar-refractivity contribution in [3.05, 3.63) is 22.8 Å². The molecule has 1 unspecified atom stereocenters. The average Bonchev–Trinajstić information content (AvgIpc) is 2.54. The number of rotatable bonds is 4. The summed E-state index contributed by atoms with van der Waals surface area (Å²) in [5.74, 6) is 0.634. The van der Waals surface area contributed by atoms with E-state index in [0.29, 0.717) is 5.92 Å². The third kappa shape index (κ3) is 4.57. The van der Waals surface area contributed by atoms with Crippen LogP contribution in [0.25, 0.3) is 0 Å². The molecule has 1 aliphatic carbocycles. The maximum Gasteiger partial charge on any atom is 0 e. The Kier molecular flexibility index (Phi) is 15.0. The van der Waals surface area contributed by atoms with Gasteiger partial charge in [-0.15, -0.1) is 24.8 Å². The molecule has 0 aromatic heterocycles. The second-order valence-corrected chi connectivity index (χ2v) is 3.65. The summed E-state index contributed by atoms with van der Waals surface area (Å²) in [4.78, 5) is 0. The fourth-order valence-electron chi connectivity index (χ4n) is 2.35. The molecule has 0 saturated carbocycles. The Morgan fingerprint density at radius 3 is 1.81 bits per heavy atom. The number of hydrogen-bond donors (Lipinski definition) is 0. The van der Waals surface area contributed by atoms with E-state index in [1.165, 1.54) is 24.8 Å². The summed E-state index contributed by atoms with van der Waals surface area (Å²) in [5, 5.41) is 0. The van der Waals surface area contributed by atoms with Crippen LogP contribution in [-0.2, 0) is 21.7 Å². The Balaban J connectivity index is -0.000000563. The molecule has 0 aromatic carbocycles. The van der Waals surface area contributed by atoms with E-state index >= 15 is 0 Å². The van der Waals surface area contributed by atoms with Gasteiger partial charge in [0, 0.05) is 21.7 Å². The zero-order valence-electron chi connectivity index (χ0n) is 10.7. The normalized spacial score (nSPS) is 18.2. The van der Waals surface area contributed by atoms with Crippen LogP contribution in [0.4, 0.5) is 0 Å². The minimum atomic E-state index is 0. The van der Waals surface area contributed by atoms with Crippen LogP contribution in [0, 0.1) is 12.0 Å². The second-order valence-electron chi connectivity index (χ2n) is 3.65. The third-order valence-corrected chi connectivity index (χ3v) is 3.02. The fraction of sp³-hybridized carbons (Fsp3) is 0.692. The summed E-state index contributed by atoms with van der Waals surface area (Å²) in [6.45, 7) is 9.04. The predicted molar refractivity (Wildman–Crippen MR) is 72.9 cm³/mol. The molecule has 1 rings (SSSR count). The first-order valence-electron chi connectivity index (χ1n) is 5.62. The van der Waals surface area contributed by atoms with Gasteiger partial charge < -0.3 is 0 Å². The van der Waals surface area contributed by atoms with Gasteiger partial charge in [-0.05, 0) is 0 Å². The quantitative estimate of drug-likeness (QED) is 0.499. The first-order chi connectivity index (χ1) is 6.28. The average molecular weight is 298 g/mol. The third-order valence-electron chi connectivity index (χ3n) is 3.02. The Hall–Kier alpha value is 0.774. The van der Waals surface area contributed by atoms with Crippen LogP contribution in [0.2, 0.25) is 0 Å². The van der Waals surface area contributed by atoms with Gasteiger partial charge >= 0.3 is 0 Å². The largest absolute Gasteiger partial charge is 0.266 e. The van der Waals surface area contributed by atoms with Crippen molar-refractivity contribution >= 4 is 24.8 Å². The van der Waals surface area contributed by atoms with Gasteiger partial charge in [0.15, 0.2) is 0 Å². The molecule has 0 nitrogen and oxygen atoms in total. The zero-order chi connectivity index (χ0) is 9.84. The van der Waals surface area contributed by atoms with E-state index in [9.17, 15) is 0 Å². The van der Waals surface area contributed by atoms with E-state index in [-0.39, 0.29) is 46.5 Å². The second kappa shape index (κ2) is 10.9. The molecule has 3 heteroatoms. The summed E-state index contributed by atoms with van der Waals surface area (Å²) in [6, 6.07) is 0. The molecule has 0 aliphatic heterocycles. The Bertz CT molecular complexity index is 244. The van der Waals surface area contributed by atoms with Crippen molar-refractivity contribution < 1.29 is 21.7 Å². The van der Waals surface area contributed by atoms with Crippen LogP contribution in [0.3, 0.4) is 0 Å². The van der Waals surface area contributed by atoms with E-state index in [0.717, 1.165) is 6.42 Å². The number of allylic oxidation sites excluding steroid dienone is 4. The van der Waals surface area contributed by atoms with Gasteiger partial charge in [0.25, 0.3) is 0 Å². The monoisotopic (exact) mass is 297 g/mol. The Labute approximate surface area is 128 Å². The molecular formula is C13H23Cl2Ti-. The molecule has 16 heavy (non-hydrogen) atoms.